The molecule has 0 saturated carbocycles. The van der Waals surface area contributed by atoms with E-state index >= 15 is 0 Å². The number of hydrogen-bond donors (Lipinski definition) is 1. The highest BCUT2D eigenvalue weighted by atomic mass is 79.9. The molecule has 1 fully saturated rings. The molecule has 3 heteroatoms. The minimum Gasteiger partial charge on any atom is -0.317 e. The molecule has 82 valence electrons. The maximum absolute atomic E-state index is 3.90. The minimum absolute atomic E-state index is 0.878. The van der Waals surface area contributed by atoms with Crippen LogP contribution in [0.25, 0.3) is 0 Å². The van der Waals surface area contributed by atoms with E-state index in [0.717, 1.165) is 23.5 Å². The number of likely N-dealkylation sites (N-methyl/N-ethyl adjacent to an activating group) is 1. The summed E-state index contributed by atoms with van der Waals surface area (Å²) in [7, 11) is 0. The Bertz CT molecular complexity index is 176. The molecule has 0 amide bonds. The fourth-order valence-corrected chi connectivity index (χ4v) is 2.33. The molecule has 1 aliphatic rings. The summed E-state index contributed by atoms with van der Waals surface area (Å²) in [5.41, 5.74) is 0. The molecule has 0 aromatic carbocycles. The third-order valence-electron chi connectivity index (χ3n) is 2.82. The van der Waals surface area contributed by atoms with Crippen LogP contribution in [0.5, 0.6) is 0 Å². The standard InChI is InChI=1S/C11H21BrN2/c1-3-14(8-10(2)12)9-11-4-6-13-7-5-11/h11,13H,2-9H2,1H3. The van der Waals surface area contributed by atoms with Crippen molar-refractivity contribution in [1.29, 1.82) is 0 Å². The first-order valence-corrected chi connectivity index (χ1v) is 6.28. The molecule has 1 N–H and O–H groups in total. The molecule has 0 bridgehead atoms. The quantitative estimate of drug-likeness (QED) is 0.816. The molecule has 1 rings (SSSR count). The minimum atomic E-state index is 0.878. The van der Waals surface area contributed by atoms with Gasteiger partial charge < -0.3 is 5.32 Å². The maximum Gasteiger partial charge on any atom is 0.0293 e. The van der Waals surface area contributed by atoms with Gasteiger partial charge in [-0.2, -0.15) is 0 Å². The van der Waals surface area contributed by atoms with Crippen LogP contribution < -0.4 is 5.32 Å². The fraction of sp³-hybridized carbons (Fsp3) is 0.818. The largest absolute Gasteiger partial charge is 0.317 e. The Labute approximate surface area is 95.9 Å². The van der Waals surface area contributed by atoms with Crippen molar-refractivity contribution in [3.05, 3.63) is 11.1 Å². The van der Waals surface area contributed by atoms with E-state index in [2.05, 4.69) is 39.6 Å². The maximum atomic E-state index is 3.90. The SMILES string of the molecule is C=C(Br)CN(CC)CC1CCNCC1. The van der Waals surface area contributed by atoms with Gasteiger partial charge in [0.05, 0.1) is 0 Å². The Morgan fingerprint density at radius 1 is 1.50 bits per heavy atom. The average Bonchev–Trinajstić information content (AvgIpc) is 2.17. The van der Waals surface area contributed by atoms with E-state index in [0.29, 0.717) is 0 Å². The number of halogens is 1. The molecule has 0 spiro atoms. The van der Waals surface area contributed by atoms with Crippen LogP contribution >= 0.6 is 15.9 Å². The van der Waals surface area contributed by atoms with E-state index < -0.39 is 0 Å². The molecule has 14 heavy (non-hydrogen) atoms. The lowest BCUT2D eigenvalue weighted by molar-refractivity contribution is 0.230. The summed E-state index contributed by atoms with van der Waals surface area (Å²) >= 11 is 3.43. The second-order valence-electron chi connectivity index (χ2n) is 4.04. The topological polar surface area (TPSA) is 15.3 Å². The van der Waals surface area contributed by atoms with Gasteiger partial charge in [0.1, 0.15) is 0 Å². The smallest absolute Gasteiger partial charge is 0.0293 e. The zero-order chi connectivity index (χ0) is 10.4. The second kappa shape index (κ2) is 6.59. The third kappa shape index (κ3) is 4.58. The van der Waals surface area contributed by atoms with E-state index in [9.17, 15) is 0 Å². The van der Waals surface area contributed by atoms with E-state index in [-0.39, 0.29) is 0 Å². The summed E-state index contributed by atoms with van der Waals surface area (Å²) in [5.74, 6) is 0.878. The van der Waals surface area contributed by atoms with E-state index in [1.165, 1.54) is 32.5 Å². The van der Waals surface area contributed by atoms with Gasteiger partial charge >= 0.3 is 0 Å². The molecule has 0 atom stereocenters. The first-order valence-electron chi connectivity index (χ1n) is 5.48. The van der Waals surface area contributed by atoms with Gasteiger partial charge in [-0.05, 0) is 38.4 Å². The number of rotatable bonds is 5. The molecule has 2 nitrogen and oxygen atoms in total. The van der Waals surface area contributed by atoms with Gasteiger partial charge in [0.15, 0.2) is 0 Å². The van der Waals surface area contributed by atoms with E-state index in [1.807, 2.05) is 0 Å². The van der Waals surface area contributed by atoms with Crippen LogP contribution in [-0.2, 0) is 0 Å². The predicted octanol–water partition coefficient (Wildman–Crippen LogP) is 2.22. The second-order valence-corrected chi connectivity index (χ2v) is 5.16. The van der Waals surface area contributed by atoms with Gasteiger partial charge in [0.2, 0.25) is 0 Å². The molecular weight excluding hydrogens is 240 g/mol. The van der Waals surface area contributed by atoms with Gasteiger partial charge in [-0.15, -0.1) is 0 Å². The van der Waals surface area contributed by atoms with Crippen LogP contribution in [0.2, 0.25) is 0 Å². The molecule has 1 aliphatic heterocycles. The van der Waals surface area contributed by atoms with Gasteiger partial charge in [-0.25, -0.2) is 0 Å². The monoisotopic (exact) mass is 260 g/mol. The average molecular weight is 261 g/mol. The van der Waals surface area contributed by atoms with E-state index in [4.69, 9.17) is 0 Å². The van der Waals surface area contributed by atoms with Crippen LogP contribution in [0, 0.1) is 5.92 Å². The summed E-state index contributed by atoms with van der Waals surface area (Å²) < 4.78 is 1.09. The highest BCUT2D eigenvalue weighted by Gasteiger charge is 2.15. The summed E-state index contributed by atoms with van der Waals surface area (Å²) in [6.45, 7) is 11.8. The summed E-state index contributed by atoms with van der Waals surface area (Å²) in [4.78, 5) is 2.47. The van der Waals surface area contributed by atoms with Gasteiger partial charge in [-0.1, -0.05) is 29.4 Å². The molecule has 1 saturated heterocycles. The van der Waals surface area contributed by atoms with Crippen LogP contribution in [0.3, 0.4) is 0 Å². The first-order chi connectivity index (χ1) is 6.72. The van der Waals surface area contributed by atoms with Crippen molar-refractivity contribution < 1.29 is 0 Å². The van der Waals surface area contributed by atoms with Crippen molar-refractivity contribution in [1.82, 2.24) is 10.2 Å². The number of piperidine rings is 1. The van der Waals surface area contributed by atoms with Crippen molar-refractivity contribution in [2.75, 3.05) is 32.7 Å². The lowest BCUT2D eigenvalue weighted by Gasteiger charge is -2.29. The molecule has 0 aromatic rings. The Morgan fingerprint density at radius 3 is 2.64 bits per heavy atom. The van der Waals surface area contributed by atoms with Crippen molar-refractivity contribution >= 4 is 15.9 Å². The van der Waals surface area contributed by atoms with Crippen LogP contribution in [-0.4, -0.2) is 37.6 Å². The van der Waals surface area contributed by atoms with Crippen LogP contribution in [0.4, 0.5) is 0 Å². The van der Waals surface area contributed by atoms with Gasteiger partial charge in [-0.3, -0.25) is 4.90 Å². The third-order valence-corrected chi connectivity index (χ3v) is 3.07. The Morgan fingerprint density at radius 2 is 2.14 bits per heavy atom. The fourth-order valence-electron chi connectivity index (χ4n) is 1.98. The van der Waals surface area contributed by atoms with Crippen molar-refractivity contribution in [3.8, 4) is 0 Å². The van der Waals surface area contributed by atoms with Crippen LogP contribution in [0.15, 0.2) is 11.1 Å². The Kier molecular flexibility index (Phi) is 5.75. The summed E-state index contributed by atoms with van der Waals surface area (Å²) in [6.07, 6.45) is 2.65. The molecule has 0 unspecified atom stereocenters. The van der Waals surface area contributed by atoms with Crippen molar-refractivity contribution in [2.24, 2.45) is 5.92 Å². The molecule has 1 heterocycles. The highest BCUT2D eigenvalue weighted by Crippen LogP contribution is 2.14. The predicted molar refractivity (Wildman–Crippen MR) is 65.8 cm³/mol. The zero-order valence-electron chi connectivity index (χ0n) is 9.06. The molecule has 0 aromatic heterocycles. The Hall–Kier alpha value is 0.140. The highest BCUT2D eigenvalue weighted by molar-refractivity contribution is 9.11. The van der Waals surface area contributed by atoms with Crippen LogP contribution in [0.1, 0.15) is 19.8 Å². The van der Waals surface area contributed by atoms with Crippen molar-refractivity contribution in [3.63, 3.8) is 0 Å². The molecular formula is C11H21BrN2. The molecule has 0 aliphatic carbocycles. The number of nitrogens with zero attached hydrogens (tertiary/aromatic N) is 1. The first kappa shape index (κ1) is 12.2. The lowest BCUT2D eigenvalue weighted by atomic mass is 9.97. The zero-order valence-corrected chi connectivity index (χ0v) is 10.6. The molecule has 0 radical (unpaired) electrons. The number of nitrogens with one attached hydrogen (secondary N) is 1. The normalized spacial score (nSPS) is 18.8. The van der Waals surface area contributed by atoms with Gasteiger partial charge in [0.25, 0.3) is 0 Å². The van der Waals surface area contributed by atoms with E-state index in [1.54, 1.807) is 0 Å². The Balaban J connectivity index is 2.27. The van der Waals surface area contributed by atoms with Crippen molar-refractivity contribution in [2.45, 2.75) is 19.8 Å². The van der Waals surface area contributed by atoms with Gasteiger partial charge in [0, 0.05) is 17.6 Å². The number of hydrogen-bond acceptors (Lipinski definition) is 2. The summed E-state index contributed by atoms with van der Waals surface area (Å²) in [6, 6.07) is 0. The summed E-state index contributed by atoms with van der Waals surface area (Å²) in [5, 5.41) is 3.40. The lowest BCUT2D eigenvalue weighted by Crippen LogP contribution is -2.36.